The fraction of sp³-hybridized carbons (Fsp3) is 0.385. The second-order valence-corrected chi connectivity index (χ2v) is 8.91. The molecule has 0 bridgehead atoms. The van der Waals surface area contributed by atoms with Crippen molar-refractivity contribution in [3.05, 3.63) is 76.5 Å². The Morgan fingerprint density at radius 1 is 0.939 bits per heavy atom. The fourth-order valence-corrected chi connectivity index (χ4v) is 4.56. The van der Waals surface area contributed by atoms with Gasteiger partial charge in [0.2, 0.25) is 11.8 Å². The van der Waals surface area contributed by atoms with Gasteiger partial charge in [-0.3, -0.25) is 4.90 Å². The Labute approximate surface area is 193 Å². The third-order valence-corrected chi connectivity index (χ3v) is 6.35. The van der Waals surface area contributed by atoms with Crippen molar-refractivity contribution < 1.29 is 13.5 Å². The van der Waals surface area contributed by atoms with Crippen molar-refractivity contribution >= 4 is 5.95 Å². The number of ether oxygens (including phenoxy) is 1. The monoisotopic (exact) mass is 450 g/mol. The van der Waals surface area contributed by atoms with Gasteiger partial charge >= 0.3 is 0 Å². The maximum Gasteiger partial charge on any atom is 0.228 e. The van der Waals surface area contributed by atoms with Gasteiger partial charge in [-0.2, -0.15) is 4.98 Å². The van der Waals surface area contributed by atoms with Crippen LogP contribution < -0.4 is 9.64 Å². The van der Waals surface area contributed by atoms with Gasteiger partial charge < -0.3 is 9.64 Å². The molecule has 0 spiro atoms. The number of aromatic nitrogens is 2. The maximum atomic E-state index is 14.4. The number of rotatable bonds is 5. The molecule has 0 radical (unpaired) electrons. The van der Waals surface area contributed by atoms with E-state index in [1.54, 1.807) is 18.2 Å². The van der Waals surface area contributed by atoms with Crippen LogP contribution in [0, 0.1) is 18.6 Å². The van der Waals surface area contributed by atoms with Crippen LogP contribution in [0.3, 0.4) is 0 Å². The summed E-state index contributed by atoms with van der Waals surface area (Å²) >= 11 is 0. The van der Waals surface area contributed by atoms with Crippen LogP contribution in [0.4, 0.5) is 14.7 Å². The molecule has 33 heavy (non-hydrogen) atoms. The van der Waals surface area contributed by atoms with E-state index < -0.39 is 0 Å². The zero-order valence-electron chi connectivity index (χ0n) is 18.9. The molecule has 2 aliphatic heterocycles. The third kappa shape index (κ3) is 4.98. The van der Waals surface area contributed by atoms with Crippen LogP contribution in [-0.4, -0.2) is 34.5 Å². The average molecular weight is 451 g/mol. The summed E-state index contributed by atoms with van der Waals surface area (Å²) < 4.78 is 33.9. The number of hydrogen-bond donors (Lipinski definition) is 0. The normalized spacial score (nSPS) is 16.5. The summed E-state index contributed by atoms with van der Waals surface area (Å²) in [5.41, 5.74) is 3.62. The first-order valence-electron chi connectivity index (χ1n) is 11.6. The summed E-state index contributed by atoms with van der Waals surface area (Å²) in [7, 11) is 0. The highest BCUT2D eigenvalue weighted by Gasteiger charge is 2.26. The molecule has 2 aliphatic rings. The van der Waals surface area contributed by atoms with E-state index in [2.05, 4.69) is 9.80 Å². The van der Waals surface area contributed by atoms with Gasteiger partial charge in [-0.1, -0.05) is 17.7 Å². The maximum absolute atomic E-state index is 14.4. The van der Waals surface area contributed by atoms with Gasteiger partial charge in [0.05, 0.1) is 11.3 Å². The fourth-order valence-electron chi connectivity index (χ4n) is 4.56. The Morgan fingerprint density at radius 2 is 1.73 bits per heavy atom. The van der Waals surface area contributed by atoms with Crippen LogP contribution in [-0.2, 0) is 19.5 Å². The van der Waals surface area contributed by atoms with E-state index in [-0.39, 0.29) is 11.6 Å². The molecule has 7 heteroatoms. The van der Waals surface area contributed by atoms with Crippen molar-refractivity contribution in [3.63, 3.8) is 0 Å². The van der Waals surface area contributed by atoms with Gasteiger partial charge in [0.1, 0.15) is 17.4 Å². The number of piperidine rings is 1. The number of nitrogens with zero attached hydrogens (tertiary/aromatic N) is 4. The molecule has 0 N–H and O–H groups in total. The first-order chi connectivity index (χ1) is 16.0. The lowest BCUT2D eigenvalue weighted by Gasteiger charge is -2.32. The molecule has 1 aromatic heterocycles. The molecule has 1 saturated heterocycles. The minimum absolute atomic E-state index is 0.189. The quantitative estimate of drug-likeness (QED) is 0.520. The van der Waals surface area contributed by atoms with Gasteiger partial charge in [0.15, 0.2) is 0 Å². The minimum atomic E-state index is -0.313. The summed E-state index contributed by atoms with van der Waals surface area (Å²) in [5, 5.41) is 0. The average Bonchev–Trinajstić information content (AvgIpc) is 2.83. The van der Waals surface area contributed by atoms with E-state index in [0.29, 0.717) is 36.2 Å². The molecule has 5 rings (SSSR count). The highest BCUT2D eigenvalue weighted by Crippen LogP contribution is 2.32. The molecule has 0 saturated carbocycles. The number of hydrogen-bond acceptors (Lipinski definition) is 5. The van der Waals surface area contributed by atoms with Crippen LogP contribution in [0.25, 0.3) is 0 Å². The van der Waals surface area contributed by atoms with Gasteiger partial charge in [0, 0.05) is 44.7 Å². The zero-order valence-corrected chi connectivity index (χ0v) is 18.9. The first-order valence-corrected chi connectivity index (χ1v) is 11.6. The van der Waals surface area contributed by atoms with Crippen molar-refractivity contribution in [2.24, 2.45) is 0 Å². The molecular formula is C26H28F2N4O. The number of aryl methyl sites for hydroxylation is 1. The highest BCUT2D eigenvalue weighted by atomic mass is 19.1. The molecule has 0 atom stereocenters. The molecule has 0 amide bonds. The van der Waals surface area contributed by atoms with Crippen molar-refractivity contribution in [2.45, 2.75) is 45.7 Å². The molecule has 3 heterocycles. The van der Waals surface area contributed by atoms with Crippen molar-refractivity contribution in [1.29, 1.82) is 0 Å². The van der Waals surface area contributed by atoms with Crippen LogP contribution in [0.15, 0.2) is 42.5 Å². The molecule has 2 aromatic carbocycles. The Balaban J connectivity index is 1.45. The zero-order chi connectivity index (χ0) is 22.8. The molecule has 3 aromatic rings. The Hall–Kier alpha value is -3.06. The second-order valence-electron chi connectivity index (χ2n) is 8.91. The first kappa shape index (κ1) is 21.8. The van der Waals surface area contributed by atoms with E-state index in [1.165, 1.54) is 24.6 Å². The SMILES string of the molecule is Cc1ccc(F)c(CN2CCc3nc(N4CCCCC4)nc(Oc4ccc(F)cc4)c3C2)c1. The predicted molar refractivity (Wildman–Crippen MR) is 124 cm³/mol. The van der Waals surface area contributed by atoms with E-state index in [1.807, 2.05) is 13.0 Å². The Bertz CT molecular complexity index is 1130. The molecule has 1 fully saturated rings. The molecular weight excluding hydrogens is 422 g/mol. The lowest BCUT2D eigenvalue weighted by molar-refractivity contribution is 0.235. The predicted octanol–water partition coefficient (Wildman–Crippen LogP) is 5.40. The molecule has 172 valence electrons. The van der Waals surface area contributed by atoms with Crippen LogP contribution >= 0.6 is 0 Å². The summed E-state index contributed by atoms with van der Waals surface area (Å²) in [6.45, 7) is 5.71. The number of benzene rings is 2. The topological polar surface area (TPSA) is 41.5 Å². The van der Waals surface area contributed by atoms with E-state index >= 15 is 0 Å². The second kappa shape index (κ2) is 9.43. The summed E-state index contributed by atoms with van der Waals surface area (Å²) in [6.07, 6.45) is 4.23. The standard InChI is InChI=1S/C26H28F2N4O/c1-18-5-10-23(28)19(15-18)16-31-14-11-24-22(17-31)25(33-21-8-6-20(27)7-9-21)30-26(29-24)32-12-3-2-4-13-32/h5-10,15H,2-4,11-14,16-17H2,1H3. The summed E-state index contributed by atoms with van der Waals surface area (Å²) in [5.74, 6) is 1.23. The lowest BCUT2D eigenvalue weighted by atomic mass is 10.0. The Kier molecular flexibility index (Phi) is 6.22. The number of halogens is 2. The number of anilines is 1. The van der Waals surface area contributed by atoms with Gasteiger partial charge in [0.25, 0.3) is 0 Å². The van der Waals surface area contributed by atoms with Gasteiger partial charge in [-0.25, -0.2) is 13.8 Å². The van der Waals surface area contributed by atoms with Gasteiger partial charge in [-0.05, 0) is 56.5 Å². The molecule has 5 nitrogen and oxygen atoms in total. The van der Waals surface area contributed by atoms with E-state index in [9.17, 15) is 8.78 Å². The Morgan fingerprint density at radius 3 is 2.52 bits per heavy atom. The van der Waals surface area contributed by atoms with E-state index in [4.69, 9.17) is 14.7 Å². The van der Waals surface area contributed by atoms with Crippen molar-refractivity contribution in [1.82, 2.24) is 14.9 Å². The minimum Gasteiger partial charge on any atom is -0.438 e. The highest BCUT2D eigenvalue weighted by molar-refractivity contribution is 5.44. The van der Waals surface area contributed by atoms with Gasteiger partial charge in [-0.15, -0.1) is 0 Å². The van der Waals surface area contributed by atoms with Crippen LogP contribution in [0.2, 0.25) is 0 Å². The van der Waals surface area contributed by atoms with Crippen molar-refractivity contribution in [3.8, 4) is 11.6 Å². The summed E-state index contributed by atoms with van der Waals surface area (Å²) in [4.78, 5) is 14.1. The van der Waals surface area contributed by atoms with Crippen LogP contribution in [0.5, 0.6) is 11.6 Å². The summed E-state index contributed by atoms with van der Waals surface area (Å²) in [6, 6.07) is 11.2. The van der Waals surface area contributed by atoms with Crippen LogP contribution in [0.1, 0.15) is 41.6 Å². The molecule has 0 unspecified atom stereocenters. The lowest BCUT2D eigenvalue weighted by Crippen LogP contribution is -2.34. The number of fused-ring (bicyclic) bond motifs is 1. The third-order valence-electron chi connectivity index (χ3n) is 6.35. The molecule has 0 aliphatic carbocycles. The van der Waals surface area contributed by atoms with Crippen molar-refractivity contribution in [2.75, 3.05) is 24.5 Å². The largest absolute Gasteiger partial charge is 0.438 e. The smallest absolute Gasteiger partial charge is 0.228 e. The van der Waals surface area contributed by atoms with E-state index in [0.717, 1.165) is 55.7 Å².